The lowest BCUT2D eigenvalue weighted by Crippen LogP contribution is -2.21. The Kier molecular flexibility index (Phi) is 3.79. The Labute approximate surface area is 97.8 Å². The molecule has 0 bridgehead atoms. The van der Waals surface area contributed by atoms with E-state index in [2.05, 4.69) is 0 Å². The molecule has 2 atom stereocenters. The second kappa shape index (κ2) is 4.58. The van der Waals surface area contributed by atoms with E-state index in [1.54, 1.807) is 0 Å². The van der Waals surface area contributed by atoms with Gasteiger partial charge in [0.1, 0.15) is 5.76 Å². The van der Waals surface area contributed by atoms with Crippen molar-refractivity contribution in [1.82, 2.24) is 0 Å². The van der Waals surface area contributed by atoms with Gasteiger partial charge in [0, 0.05) is 12.8 Å². The van der Waals surface area contributed by atoms with Gasteiger partial charge in [-0.2, -0.15) is 0 Å². The average Bonchev–Trinajstić information content (AvgIpc) is 2.75. The Bertz CT molecular complexity index is 306. The van der Waals surface area contributed by atoms with Crippen LogP contribution >= 0.6 is 0 Å². The number of ether oxygens (including phenoxy) is 2. The van der Waals surface area contributed by atoms with Gasteiger partial charge in [-0.15, -0.1) is 0 Å². The van der Waals surface area contributed by atoms with E-state index in [1.807, 2.05) is 34.6 Å². The molecular formula is C13H22O3. The van der Waals surface area contributed by atoms with E-state index in [0.29, 0.717) is 0 Å². The smallest absolute Gasteiger partial charge is 0.307 e. The van der Waals surface area contributed by atoms with Crippen molar-refractivity contribution in [2.75, 3.05) is 0 Å². The first kappa shape index (κ1) is 13.2. The summed E-state index contributed by atoms with van der Waals surface area (Å²) in [5.74, 6) is 0.799. The van der Waals surface area contributed by atoms with E-state index in [0.717, 1.165) is 17.8 Å². The van der Waals surface area contributed by atoms with Crippen molar-refractivity contribution in [3.8, 4) is 0 Å². The van der Waals surface area contributed by atoms with Crippen molar-refractivity contribution in [3.63, 3.8) is 0 Å². The lowest BCUT2D eigenvalue weighted by molar-refractivity contribution is -0.137. The molecular weight excluding hydrogens is 204 g/mol. The summed E-state index contributed by atoms with van der Waals surface area (Å²) >= 11 is 0. The minimum Gasteiger partial charge on any atom is -0.431 e. The highest BCUT2D eigenvalue weighted by Crippen LogP contribution is 2.43. The van der Waals surface area contributed by atoms with Crippen LogP contribution < -0.4 is 0 Å². The zero-order valence-electron chi connectivity index (χ0n) is 11.1. The minimum atomic E-state index is -0.252. The molecule has 0 aromatic heterocycles. The van der Waals surface area contributed by atoms with Crippen molar-refractivity contribution in [1.29, 1.82) is 0 Å². The van der Waals surface area contributed by atoms with E-state index in [4.69, 9.17) is 9.47 Å². The van der Waals surface area contributed by atoms with Gasteiger partial charge in [0.2, 0.25) is 0 Å². The van der Waals surface area contributed by atoms with Crippen LogP contribution in [0.15, 0.2) is 11.3 Å². The van der Waals surface area contributed by atoms with E-state index >= 15 is 0 Å². The number of hydrogen-bond donors (Lipinski definition) is 0. The summed E-state index contributed by atoms with van der Waals surface area (Å²) in [5.41, 5.74) is 0.919. The Hall–Kier alpha value is -0.830. The van der Waals surface area contributed by atoms with Crippen molar-refractivity contribution in [2.24, 2.45) is 5.92 Å². The van der Waals surface area contributed by atoms with Gasteiger partial charge in [-0.25, -0.2) is 0 Å². The topological polar surface area (TPSA) is 35.5 Å². The highest BCUT2D eigenvalue weighted by atomic mass is 16.5. The molecule has 3 heteroatoms. The molecule has 1 rings (SSSR count). The average molecular weight is 226 g/mol. The summed E-state index contributed by atoms with van der Waals surface area (Å²) in [6.07, 6.45) is 1.15. The van der Waals surface area contributed by atoms with Crippen molar-refractivity contribution in [2.45, 2.75) is 59.7 Å². The predicted octanol–water partition coefficient (Wildman–Crippen LogP) is 3.05. The van der Waals surface area contributed by atoms with Crippen LogP contribution in [0.4, 0.5) is 0 Å². The van der Waals surface area contributed by atoms with Crippen LogP contribution in [0.1, 0.15) is 48.0 Å². The number of carbonyl (C=O) groups is 1. The number of carbonyl (C=O) groups excluding carboxylic acids is 1. The lowest BCUT2D eigenvalue weighted by atomic mass is 10.2. The Balaban J connectivity index is 2.59. The minimum absolute atomic E-state index is 0.137. The molecule has 0 radical (unpaired) electrons. The van der Waals surface area contributed by atoms with Gasteiger partial charge in [0.15, 0.2) is 0 Å². The first-order valence-electron chi connectivity index (χ1n) is 5.74. The fourth-order valence-electron chi connectivity index (χ4n) is 1.74. The molecule has 1 aliphatic rings. The van der Waals surface area contributed by atoms with Crippen LogP contribution in [0.3, 0.4) is 0 Å². The molecule has 3 nitrogen and oxygen atoms in total. The quantitative estimate of drug-likeness (QED) is 0.548. The molecule has 0 spiro atoms. The third-order valence-electron chi connectivity index (χ3n) is 2.32. The predicted molar refractivity (Wildman–Crippen MR) is 62.9 cm³/mol. The van der Waals surface area contributed by atoms with E-state index in [1.165, 1.54) is 6.92 Å². The highest BCUT2D eigenvalue weighted by molar-refractivity contribution is 5.67. The Morgan fingerprint density at radius 2 is 1.75 bits per heavy atom. The maximum Gasteiger partial charge on any atom is 0.307 e. The molecule has 0 heterocycles. The molecule has 16 heavy (non-hydrogen) atoms. The van der Waals surface area contributed by atoms with Crippen LogP contribution in [0, 0.1) is 5.92 Å². The summed E-state index contributed by atoms with van der Waals surface area (Å²) in [4.78, 5) is 11.0. The van der Waals surface area contributed by atoms with Crippen LogP contribution in [-0.4, -0.2) is 17.7 Å². The van der Waals surface area contributed by atoms with Crippen LogP contribution in [0.2, 0.25) is 0 Å². The zero-order valence-corrected chi connectivity index (χ0v) is 11.1. The summed E-state index contributed by atoms with van der Waals surface area (Å²) in [5, 5.41) is 0. The molecule has 1 saturated carbocycles. The first-order chi connectivity index (χ1) is 7.20. The molecule has 0 amide bonds. The molecule has 1 aliphatic carbocycles. The molecule has 0 aliphatic heterocycles. The fraction of sp³-hybridized carbons (Fsp3) is 0.769. The zero-order chi connectivity index (χ0) is 12.5. The first-order valence-corrected chi connectivity index (χ1v) is 5.74. The third-order valence-corrected chi connectivity index (χ3v) is 2.32. The normalized spacial score (nSPS) is 23.9. The summed E-state index contributed by atoms with van der Waals surface area (Å²) in [6, 6.07) is 0. The van der Waals surface area contributed by atoms with Crippen molar-refractivity contribution < 1.29 is 14.3 Å². The standard InChI is InChI=1S/C13H22O3/c1-8(2)12(15-9(3)14)10-7-11(10)16-13(4,5)6/h10-11H,7H2,1-6H3/t10-,11-/m1/s1. The summed E-state index contributed by atoms with van der Waals surface area (Å²) < 4.78 is 11.1. The van der Waals surface area contributed by atoms with Crippen molar-refractivity contribution in [3.05, 3.63) is 11.3 Å². The third kappa shape index (κ3) is 3.97. The van der Waals surface area contributed by atoms with Gasteiger partial charge in [-0.1, -0.05) is 0 Å². The molecule has 1 fully saturated rings. The Morgan fingerprint density at radius 3 is 2.12 bits per heavy atom. The highest BCUT2D eigenvalue weighted by Gasteiger charge is 2.45. The molecule has 0 N–H and O–H groups in total. The summed E-state index contributed by atoms with van der Waals surface area (Å²) in [7, 11) is 0. The van der Waals surface area contributed by atoms with Crippen molar-refractivity contribution >= 4 is 5.97 Å². The molecule has 0 aromatic carbocycles. The number of esters is 1. The maximum absolute atomic E-state index is 11.0. The Morgan fingerprint density at radius 1 is 1.19 bits per heavy atom. The van der Waals surface area contributed by atoms with Gasteiger partial charge >= 0.3 is 5.97 Å². The van der Waals surface area contributed by atoms with Gasteiger partial charge < -0.3 is 9.47 Å². The van der Waals surface area contributed by atoms with Gasteiger partial charge in [0.05, 0.1) is 11.7 Å². The van der Waals surface area contributed by atoms with E-state index in [-0.39, 0.29) is 23.6 Å². The van der Waals surface area contributed by atoms with Crippen LogP contribution in [0.25, 0.3) is 0 Å². The van der Waals surface area contributed by atoms with E-state index < -0.39 is 0 Å². The molecule has 0 saturated heterocycles. The van der Waals surface area contributed by atoms with Gasteiger partial charge in [-0.3, -0.25) is 4.79 Å². The largest absolute Gasteiger partial charge is 0.431 e. The molecule has 0 aromatic rings. The number of allylic oxidation sites excluding steroid dienone is 1. The SMILES string of the molecule is CC(=O)OC(=C(C)C)[C@@H]1C[C@H]1OC(C)(C)C. The van der Waals surface area contributed by atoms with Crippen LogP contribution in [0.5, 0.6) is 0 Å². The maximum atomic E-state index is 11.0. The monoisotopic (exact) mass is 226 g/mol. The number of hydrogen-bond acceptors (Lipinski definition) is 3. The fourth-order valence-corrected chi connectivity index (χ4v) is 1.74. The molecule has 0 unspecified atom stereocenters. The van der Waals surface area contributed by atoms with Crippen LogP contribution in [-0.2, 0) is 14.3 Å². The number of rotatable bonds is 3. The summed E-state index contributed by atoms with van der Waals surface area (Å²) in [6.45, 7) is 11.5. The second-order valence-electron chi connectivity index (χ2n) is 5.57. The second-order valence-corrected chi connectivity index (χ2v) is 5.57. The van der Waals surface area contributed by atoms with Gasteiger partial charge in [-0.05, 0) is 46.6 Å². The van der Waals surface area contributed by atoms with E-state index in [9.17, 15) is 4.79 Å². The van der Waals surface area contributed by atoms with Gasteiger partial charge in [0.25, 0.3) is 0 Å². The lowest BCUT2D eigenvalue weighted by Gasteiger charge is -2.20. The molecule has 92 valence electrons.